The molecule has 0 N–H and O–H groups in total. The zero-order chi connectivity index (χ0) is 22.5. The second-order valence-corrected chi connectivity index (χ2v) is 9.24. The van der Waals surface area contributed by atoms with E-state index in [-0.39, 0.29) is 23.6 Å². The molecule has 4 heteroatoms. The van der Waals surface area contributed by atoms with Gasteiger partial charge in [-0.1, -0.05) is 37.3 Å². The molecule has 1 amide bonds. The van der Waals surface area contributed by atoms with E-state index in [9.17, 15) is 9.18 Å². The van der Waals surface area contributed by atoms with E-state index in [1.165, 1.54) is 6.07 Å². The van der Waals surface area contributed by atoms with Crippen molar-refractivity contribution in [3.8, 4) is 0 Å². The van der Waals surface area contributed by atoms with E-state index < -0.39 is 0 Å². The van der Waals surface area contributed by atoms with Crippen LogP contribution in [0.25, 0.3) is 6.08 Å². The van der Waals surface area contributed by atoms with Gasteiger partial charge in [-0.2, -0.15) is 0 Å². The van der Waals surface area contributed by atoms with Crippen molar-refractivity contribution in [2.75, 3.05) is 32.1 Å². The summed E-state index contributed by atoms with van der Waals surface area (Å²) < 4.78 is 14.2. The van der Waals surface area contributed by atoms with E-state index in [4.69, 9.17) is 0 Å². The molecule has 2 aromatic carbocycles. The van der Waals surface area contributed by atoms with Crippen LogP contribution in [0, 0.1) is 31.5 Å². The summed E-state index contributed by atoms with van der Waals surface area (Å²) in [5.41, 5.74) is 5.14. The van der Waals surface area contributed by atoms with Gasteiger partial charge in [-0.15, -0.1) is 0 Å². The fourth-order valence-electron chi connectivity index (χ4n) is 4.68. The number of anilines is 1. The molecule has 31 heavy (non-hydrogen) atoms. The highest BCUT2D eigenvalue weighted by Gasteiger charge is 2.34. The molecule has 1 aliphatic heterocycles. The third-order valence-electron chi connectivity index (χ3n) is 6.12. The molecule has 0 bridgehead atoms. The van der Waals surface area contributed by atoms with Gasteiger partial charge in [0.2, 0.25) is 5.91 Å². The summed E-state index contributed by atoms with van der Waals surface area (Å²) in [6.45, 7) is 7.82. The molecule has 0 saturated carbocycles. The monoisotopic (exact) mass is 422 g/mol. The standard InChI is InChI=1S/C27H35FN2O/c1-19-14-22(10-8-9-13-29(4)5)15-20(2)26(19)30-18-23(16-21(3)27(30)31)17-24-11-6-7-12-25(24)28/h6-8,10-12,14-15,21,23H,9,13,16-18H2,1-5H3/b10-8+/t21-,23-/m1/s1. The van der Waals surface area contributed by atoms with Crippen LogP contribution in [-0.4, -0.2) is 38.0 Å². The smallest absolute Gasteiger partial charge is 0.229 e. The van der Waals surface area contributed by atoms with Gasteiger partial charge in [0.1, 0.15) is 5.82 Å². The Balaban J connectivity index is 1.81. The summed E-state index contributed by atoms with van der Waals surface area (Å²) in [7, 11) is 4.15. The van der Waals surface area contributed by atoms with Gasteiger partial charge < -0.3 is 9.80 Å². The van der Waals surface area contributed by atoms with Gasteiger partial charge in [0, 0.05) is 24.7 Å². The molecule has 1 fully saturated rings. The largest absolute Gasteiger partial charge is 0.311 e. The molecule has 2 aromatic rings. The van der Waals surface area contributed by atoms with E-state index >= 15 is 0 Å². The van der Waals surface area contributed by atoms with Crippen molar-refractivity contribution in [2.24, 2.45) is 11.8 Å². The molecule has 0 spiro atoms. The molecule has 1 heterocycles. The maximum atomic E-state index is 14.2. The molecule has 1 aliphatic rings. The summed E-state index contributed by atoms with van der Waals surface area (Å²) >= 11 is 0. The highest BCUT2D eigenvalue weighted by Crippen LogP contribution is 2.34. The molecule has 2 atom stereocenters. The number of nitrogens with zero attached hydrogens (tertiary/aromatic N) is 2. The number of halogens is 1. The lowest BCUT2D eigenvalue weighted by Crippen LogP contribution is -2.46. The van der Waals surface area contributed by atoms with Gasteiger partial charge in [-0.05, 0) is 93.6 Å². The van der Waals surface area contributed by atoms with Crippen LogP contribution in [-0.2, 0) is 11.2 Å². The second kappa shape index (κ2) is 10.2. The van der Waals surface area contributed by atoms with Gasteiger partial charge in [0.25, 0.3) is 0 Å². The van der Waals surface area contributed by atoms with E-state index in [2.05, 4.69) is 57.1 Å². The lowest BCUT2D eigenvalue weighted by atomic mass is 9.84. The predicted octanol–water partition coefficient (Wildman–Crippen LogP) is 5.64. The van der Waals surface area contributed by atoms with Gasteiger partial charge >= 0.3 is 0 Å². The highest BCUT2D eigenvalue weighted by molar-refractivity contribution is 5.97. The van der Waals surface area contributed by atoms with Crippen molar-refractivity contribution in [3.05, 3.63) is 70.5 Å². The first kappa shape index (κ1) is 23.2. The number of carbonyl (C=O) groups is 1. The lowest BCUT2D eigenvalue weighted by Gasteiger charge is -2.38. The fraction of sp³-hybridized carbons (Fsp3) is 0.444. The van der Waals surface area contributed by atoms with Gasteiger partial charge in [-0.3, -0.25) is 4.79 Å². The molecule has 0 unspecified atom stereocenters. The van der Waals surface area contributed by atoms with Crippen molar-refractivity contribution < 1.29 is 9.18 Å². The summed E-state index contributed by atoms with van der Waals surface area (Å²) in [5.74, 6) is 0.200. The number of hydrogen-bond acceptors (Lipinski definition) is 2. The number of benzene rings is 2. The van der Waals surface area contributed by atoms with E-state index in [0.717, 1.165) is 47.3 Å². The van der Waals surface area contributed by atoms with Crippen LogP contribution in [0.15, 0.2) is 42.5 Å². The minimum Gasteiger partial charge on any atom is -0.311 e. The third-order valence-corrected chi connectivity index (χ3v) is 6.12. The molecule has 0 aliphatic carbocycles. The molecule has 0 aromatic heterocycles. The molecule has 3 nitrogen and oxygen atoms in total. The molecule has 0 radical (unpaired) electrons. The molecular weight excluding hydrogens is 387 g/mol. The Morgan fingerprint density at radius 1 is 1.16 bits per heavy atom. The predicted molar refractivity (Wildman–Crippen MR) is 128 cm³/mol. The average Bonchev–Trinajstić information content (AvgIpc) is 2.70. The van der Waals surface area contributed by atoms with Crippen LogP contribution >= 0.6 is 0 Å². The molecule has 1 saturated heterocycles. The van der Waals surface area contributed by atoms with Crippen LogP contribution in [0.2, 0.25) is 0 Å². The quantitative estimate of drug-likeness (QED) is 0.577. The van der Waals surface area contributed by atoms with Crippen LogP contribution in [0.5, 0.6) is 0 Å². The third kappa shape index (κ3) is 5.82. The Hall–Kier alpha value is -2.46. The van der Waals surface area contributed by atoms with Gasteiger partial charge in [-0.25, -0.2) is 4.39 Å². The lowest BCUT2D eigenvalue weighted by molar-refractivity contribution is -0.124. The zero-order valence-corrected chi connectivity index (χ0v) is 19.5. The molecule has 166 valence electrons. The van der Waals surface area contributed by atoms with Crippen molar-refractivity contribution in [1.29, 1.82) is 0 Å². The topological polar surface area (TPSA) is 23.6 Å². The van der Waals surface area contributed by atoms with Crippen molar-refractivity contribution in [3.63, 3.8) is 0 Å². The summed E-state index contributed by atoms with van der Waals surface area (Å²) in [5, 5.41) is 0. The first-order valence-corrected chi connectivity index (χ1v) is 11.2. The minimum atomic E-state index is -0.156. The maximum Gasteiger partial charge on any atom is 0.229 e. The Morgan fingerprint density at radius 2 is 1.84 bits per heavy atom. The molecular formula is C27H35FN2O. The Labute approximate surface area is 186 Å². The number of piperidine rings is 1. The van der Waals surface area contributed by atoms with Gasteiger partial charge in [0.15, 0.2) is 0 Å². The summed E-state index contributed by atoms with van der Waals surface area (Å²) in [6.07, 6.45) is 6.83. The first-order chi connectivity index (χ1) is 14.8. The summed E-state index contributed by atoms with van der Waals surface area (Å²) in [4.78, 5) is 17.2. The van der Waals surface area contributed by atoms with Crippen LogP contribution in [0.1, 0.15) is 42.0 Å². The van der Waals surface area contributed by atoms with Crippen molar-refractivity contribution in [1.82, 2.24) is 4.90 Å². The number of hydrogen-bond donors (Lipinski definition) is 0. The van der Waals surface area contributed by atoms with Crippen LogP contribution < -0.4 is 4.90 Å². The Morgan fingerprint density at radius 3 is 2.48 bits per heavy atom. The normalized spacial score (nSPS) is 19.6. The second-order valence-electron chi connectivity index (χ2n) is 9.24. The van der Waals surface area contributed by atoms with Crippen molar-refractivity contribution in [2.45, 2.75) is 40.0 Å². The molecule has 3 rings (SSSR count). The number of carbonyl (C=O) groups excluding carboxylic acids is 1. The first-order valence-electron chi connectivity index (χ1n) is 11.2. The Kier molecular flexibility index (Phi) is 7.66. The minimum absolute atomic E-state index is 0.0603. The van der Waals surface area contributed by atoms with E-state index in [0.29, 0.717) is 13.0 Å². The average molecular weight is 423 g/mol. The van der Waals surface area contributed by atoms with Crippen LogP contribution in [0.3, 0.4) is 0 Å². The summed E-state index contributed by atoms with van der Waals surface area (Å²) in [6, 6.07) is 11.3. The van der Waals surface area contributed by atoms with Gasteiger partial charge in [0.05, 0.1) is 0 Å². The fourth-order valence-corrected chi connectivity index (χ4v) is 4.68. The number of amides is 1. The highest BCUT2D eigenvalue weighted by atomic mass is 19.1. The van der Waals surface area contributed by atoms with E-state index in [1.807, 2.05) is 24.0 Å². The SMILES string of the molecule is Cc1cc(/C=C/CCN(C)C)cc(C)c1N1C[C@@H](Cc2ccccc2F)C[C@@H](C)C1=O. The van der Waals surface area contributed by atoms with Crippen molar-refractivity contribution >= 4 is 17.7 Å². The number of rotatable bonds is 7. The maximum absolute atomic E-state index is 14.2. The van der Waals surface area contributed by atoms with Crippen LogP contribution in [0.4, 0.5) is 10.1 Å². The van der Waals surface area contributed by atoms with E-state index in [1.54, 1.807) is 6.07 Å². The number of aryl methyl sites for hydroxylation is 2. The Bertz CT molecular complexity index is 927. The zero-order valence-electron chi connectivity index (χ0n) is 19.5.